The maximum Gasteiger partial charge on any atom is 0.325 e. The molecular formula is C15H18ClFO5. The molecule has 0 N–H and O–H groups in total. The Morgan fingerprint density at radius 1 is 1.23 bits per heavy atom. The van der Waals surface area contributed by atoms with Gasteiger partial charge in [0.2, 0.25) is 0 Å². The number of benzene rings is 1. The number of esters is 2. The lowest BCUT2D eigenvalue weighted by Gasteiger charge is -2.17. The summed E-state index contributed by atoms with van der Waals surface area (Å²) in [6, 6.07) is 2.16. The van der Waals surface area contributed by atoms with E-state index < -0.39 is 23.7 Å². The second-order valence-electron chi connectivity index (χ2n) is 4.99. The third-order valence-corrected chi connectivity index (χ3v) is 3.11. The summed E-state index contributed by atoms with van der Waals surface area (Å²) in [7, 11) is 2.45. The molecule has 0 aromatic heterocycles. The maximum absolute atomic E-state index is 14.1. The Hall–Kier alpha value is -1.82. The minimum absolute atomic E-state index is 0.0305. The van der Waals surface area contributed by atoms with Gasteiger partial charge in [0, 0.05) is 5.56 Å². The molecule has 0 radical (unpaired) electrons. The van der Waals surface area contributed by atoms with Crippen molar-refractivity contribution in [3.05, 3.63) is 28.5 Å². The van der Waals surface area contributed by atoms with Crippen molar-refractivity contribution in [1.82, 2.24) is 0 Å². The van der Waals surface area contributed by atoms with Gasteiger partial charge in [-0.25, -0.2) is 4.39 Å². The van der Waals surface area contributed by atoms with Crippen LogP contribution < -0.4 is 4.74 Å². The molecule has 122 valence electrons. The summed E-state index contributed by atoms with van der Waals surface area (Å²) in [4.78, 5) is 24.0. The highest BCUT2D eigenvalue weighted by Gasteiger charge is 2.34. The maximum atomic E-state index is 14.1. The van der Waals surface area contributed by atoms with Gasteiger partial charge in [-0.3, -0.25) is 9.59 Å². The lowest BCUT2D eigenvalue weighted by atomic mass is 9.98. The summed E-state index contributed by atoms with van der Waals surface area (Å²) in [5.74, 6) is -3.94. The average Bonchev–Trinajstić information content (AvgIpc) is 2.47. The van der Waals surface area contributed by atoms with Gasteiger partial charge in [-0.05, 0) is 18.1 Å². The number of carbonyl (C=O) groups excluding carboxylic acids is 2. The van der Waals surface area contributed by atoms with Crippen LogP contribution in [0, 0.1) is 11.7 Å². The molecule has 0 amide bonds. The molecule has 0 aliphatic carbocycles. The molecule has 0 bridgehead atoms. The highest BCUT2D eigenvalue weighted by Crippen LogP contribution is 2.32. The van der Waals surface area contributed by atoms with Gasteiger partial charge in [0.15, 0.2) is 5.92 Å². The number of rotatable bonds is 6. The van der Waals surface area contributed by atoms with Crippen molar-refractivity contribution in [3.8, 4) is 5.75 Å². The summed E-state index contributed by atoms with van der Waals surface area (Å²) in [6.07, 6.45) is 0. The molecule has 1 atom stereocenters. The van der Waals surface area contributed by atoms with Crippen molar-refractivity contribution in [3.63, 3.8) is 0 Å². The molecule has 0 aliphatic rings. The lowest BCUT2D eigenvalue weighted by Crippen LogP contribution is -2.27. The lowest BCUT2D eigenvalue weighted by molar-refractivity contribution is -0.156. The molecule has 0 saturated heterocycles. The first-order chi connectivity index (χ1) is 10.3. The summed E-state index contributed by atoms with van der Waals surface area (Å²) in [5.41, 5.74) is -0.207. The van der Waals surface area contributed by atoms with Crippen LogP contribution in [0.2, 0.25) is 5.02 Å². The van der Waals surface area contributed by atoms with E-state index in [1.807, 2.05) is 13.8 Å². The molecule has 22 heavy (non-hydrogen) atoms. The van der Waals surface area contributed by atoms with Crippen LogP contribution >= 0.6 is 11.6 Å². The SMILES string of the molecule is COC(=O)C(C(=O)OCC(C)C)c1cc(OC)c(Cl)cc1F. The Morgan fingerprint density at radius 2 is 1.86 bits per heavy atom. The Kier molecular flexibility index (Phi) is 6.61. The molecule has 0 aliphatic heterocycles. The smallest absolute Gasteiger partial charge is 0.325 e. The third kappa shape index (κ3) is 4.34. The van der Waals surface area contributed by atoms with Crippen LogP contribution in [0.3, 0.4) is 0 Å². The van der Waals surface area contributed by atoms with Crippen molar-refractivity contribution in [2.24, 2.45) is 5.92 Å². The van der Waals surface area contributed by atoms with E-state index >= 15 is 0 Å². The molecule has 0 spiro atoms. The van der Waals surface area contributed by atoms with Crippen molar-refractivity contribution in [1.29, 1.82) is 0 Å². The second kappa shape index (κ2) is 7.98. The van der Waals surface area contributed by atoms with E-state index in [-0.39, 0.29) is 28.9 Å². The number of halogens is 2. The Labute approximate surface area is 133 Å². The number of hydrogen-bond donors (Lipinski definition) is 0. The van der Waals surface area contributed by atoms with Gasteiger partial charge in [-0.15, -0.1) is 0 Å². The molecule has 1 aromatic carbocycles. The average molecular weight is 333 g/mol. The van der Waals surface area contributed by atoms with Crippen LogP contribution in [0.25, 0.3) is 0 Å². The fourth-order valence-corrected chi connectivity index (χ4v) is 1.95. The highest BCUT2D eigenvalue weighted by molar-refractivity contribution is 6.32. The predicted molar refractivity (Wildman–Crippen MR) is 78.5 cm³/mol. The fourth-order valence-electron chi connectivity index (χ4n) is 1.72. The van der Waals surface area contributed by atoms with E-state index in [0.29, 0.717) is 0 Å². The molecule has 0 heterocycles. The first-order valence-corrected chi connectivity index (χ1v) is 6.97. The Balaban J connectivity index is 3.22. The monoisotopic (exact) mass is 332 g/mol. The quantitative estimate of drug-likeness (QED) is 0.592. The van der Waals surface area contributed by atoms with E-state index in [1.165, 1.54) is 13.2 Å². The minimum Gasteiger partial charge on any atom is -0.495 e. The molecule has 0 fully saturated rings. The zero-order chi connectivity index (χ0) is 16.9. The van der Waals surface area contributed by atoms with Gasteiger partial charge in [0.1, 0.15) is 11.6 Å². The van der Waals surface area contributed by atoms with Gasteiger partial charge >= 0.3 is 11.9 Å². The largest absolute Gasteiger partial charge is 0.495 e. The highest BCUT2D eigenvalue weighted by atomic mass is 35.5. The number of methoxy groups -OCH3 is 2. The molecule has 7 heteroatoms. The van der Waals surface area contributed by atoms with Gasteiger partial charge in [0.05, 0.1) is 25.8 Å². The first-order valence-electron chi connectivity index (χ1n) is 6.59. The third-order valence-electron chi connectivity index (χ3n) is 2.81. The number of ether oxygens (including phenoxy) is 3. The summed E-state index contributed by atoms with van der Waals surface area (Å²) in [6.45, 7) is 3.79. The van der Waals surface area contributed by atoms with Crippen LogP contribution in [0.15, 0.2) is 12.1 Å². The molecule has 1 unspecified atom stereocenters. The molecule has 0 saturated carbocycles. The molecule has 1 aromatic rings. The van der Waals surface area contributed by atoms with E-state index in [1.54, 1.807) is 0 Å². The standard InChI is InChI=1S/C15H18ClFO5/c1-8(2)7-22-15(19)13(14(18)21-4)9-5-12(20-3)10(16)6-11(9)17/h5-6,8,13H,7H2,1-4H3. The summed E-state index contributed by atoms with van der Waals surface area (Å²) >= 11 is 5.80. The zero-order valence-corrected chi connectivity index (χ0v) is 13.6. The van der Waals surface area contributed by atoms with E-state index in [4.69, 9.17) is 21.1 Å². The van der Waals surface area contributed by atoms with E-state index in [9.17, 15) is 14.0 Å². The summed E-state index contributed by atoms with van der Waals surface area (Å²) < 4.78 is 28.7. The van der Waals surface area contributed by atoms with Gasteiger partial charge in [-0.2, -0.15) is 0 Å². The fraction of sp³-hybridized carbons (Fsp3) is 0.467. The topological polar surface area (TPSA) is 61.8 Å². The zero-order valence-electron chi connectivity index (χ0n) is 12.8. The van der Waals surface area contributed by atoms with Crippen LogP contribution in [0.4, 0.5) is 4.39 Å². The normalized spacial score (nSPS) is 12.0. The van der Waals surface area contributed by atoms with Crippen LogP contribution in [-0.2, 0) is 19.1 Å². The first kappa shape index (κ1) is 18.2. The number of carbonyl (C=O) groups is 2. The van der Waals surface area contributed by atoms with Crippen LogP contribution in [0.5, 0.6) is 5.75 Å². The van der Waals surface area contributed by atoms with E-state index in [2.05, 4.69) is 4.74 Å². The van der Waals surface area contributed by atoms with Crippen LogP contribution in [0.1, 0.15) is 25.3 Å². The Morgan fingerprint density at radius 3 is 2.36 bits per heavy atom. The van der Waals surface area contributed by atoms with Crippen molar-refractivity contribution in [2.75, 3.05) is 20.8 Å². The molecule has 5 nitrogen and oxygen atoms in total. The van der Waals surface area contributed by atoms with Crippen molar-refractivity contribution in [2.45, 2.75) is 19.8 Å². The molecular weight excluding hydrogens is 315 g/mol. The van der Waals surface area contributed by atoms with Crippen molar-refractivity contribution >= 4 is 23.5 Å². The minimum atomic E-state index is -1.53. The van der Waals surface area contributed by atoms with Crippen LogP contribution in [-0.4, -0.2) is 32.8 Å². The van der Waals surface area contributed by atoms with Gasteiger partial charge in [-0.1, -0.05) is 25.4 Å². The van der Waals surface area contributed by atoms with Crippen molar-refractivity contribution < 1.29 is 28.2 Å². The Bertz CT molecular complexity index is 559. The second-order valence-corrected chi connectivity index (χ2v) is 5.40. The van der Waals surface area contributed by atoms with Gasteiger partial charge in [0.25, 0.3) is 0 Å². The van der Waals surface area contributed by atoms with E-state index in [0.717, 1.165) is 13.2 Å². The summed E-state index contributed by atoms with van der Waals surface area (Å²) in [5, 5.41) is 0.0305. The number of hydrogen-bond acceptors (Lipinski definition) is 5. The molecule has 1 rings (SSSR count). The predicted octanol–water partition coefficient (Wildman–Crippen LogP) is 2.94. The van der Waals surface area contributed by atoms with Gasteiger partial charge < -0.3 is 14.2 Å².